The van der Waals surface area contributed by atoms with Gasteiger partial charge in [0.25, 0.3) is 0 Å². The Bertz CT molecular complexity index is 1290. The molecule has 0 saturated heterocycles. The van der Waals surface area contributed by atoms with Crippen LogP contribution in [-0.4, -0.2) is 13.1 Å². The molecule has 2 fully saturated rings. The summed E-state index contributed by atoms with van der Waals surface area (Å²) in [5.74, 6) is -2.03. The van der Waals surface area contributed by atoms with Crippen LogP contribution in [0.4, 0.5) is 28.9 Å². The van der Waals surface area contributed by atoms with Crippen LogP contribution in [0.3, 0.4) is 0 Å². The van der Waals surface area contributed by atoms with Crippen LogP contribution in [0, 0.1) is 35.1 Å². The Labute approximate surface area is 256 Å². The number of anilines is 2. The van der Waals surface area contributed by atoms with Gasteiger partial charge in [-0.25, -0.2) is 0 Å². The Balaban J connectivity index is 1.49. The Morgan fingerprint density at radius 2 is 0.907 bits per heavy atom. The second-order valence-electron chi connectivity index (χ2n) is 12.8. The van der Waals surface area contributed by atoms with Crippen molar-refractivity contribution in [2.24, 2.45) is 11.8 Å². The van der Waals surface area contributed by atoms with Crippen molar-refractivity contribution in [3.05, 3.63) is 96.1 Å². The molecular formula is C36H42F4N2Ti. The summed E-state index contributed by atoms with van der Waals surface area (Å²) in [6, 6.07) is 5.46. The van der Waals surface area contributed by atoms with E-state index in [0.29, 0.717) is 24.9 Å². The molecule has 0 atom stereocenters. The Hall–Kier alpha value is -2.57. The van der Waals surface area contributed by atoms with Crippen molar-refractivity contribution in [2.75, 3.05) is 23.7 Å². The number of nitrogens with one attached hydrogen (secondary N) is 2. The topological polar surface area (TPSA) is 24.1 Å². The molecule has 2 N–H and O–H groups in total. The first-order valence-electron chi connectivity index (χ1n) is 16.1. The fourth-order valence-electron chi connectivity index (χ4n) is 7.91. The molecule has 2 saturated carbocycles. The van der Waals surface area contributed by atoms with Crippen molar-refractivity contribution in [3.8, 4) is 0 Å². The number of hydrogen-bond donors (Lipinski definition) is 2. The summed E-state index contributed by atoms with van der Waals surface area (Å²) in [5, 5.41) is 6.54. The SMILES string of the molecule is Fc1ccc(NCC2CCCCC2)c(F)[c]1[Ti]([c]1c(F)ccc(NCC2CCCCC2)c1F)([CH]1C=CC=C1)[CH]1C=CC=C1. The van der Waals surface area contributed by atoms with E-state index in [1.165, 1.54) is 37.1 Å². The molecule has 0 aliphatic heterocycles. The first-order chi connectivity index (χ1) is 21.0. The minimum atomic E-state index is -4.77. The normalized spacial score (nSPS) is 20.0. The first-order valence-corrected chi connectivity index (χ1v) is 19.5. The van der Waals surface area contributed by atoms with Crippen LogP contribution < -0.4 is 18.4 Å². The van der Waals surface area contributed by atoms with Crippen LogP contribution >= 0.6 is 0 Å². The monoisotopic (exact) mass is 626 g/mol. The molecule has 2 aromatic rings. The van der Waals surface area contributed by atoms with Crippen LogP contribution in [0.5, 0.6) is 0 Å². The minimum absolute atomic E-state index is 0.127. The summed E-state index contributed by atoms with van der Waals surface area (Å²) in [4.78, 5) is 0. The van der Waals surface area contributed by atoms with Gasteiger partial charge in [0.05, 0.1) is 0 Å². The number of halogens is 4. The average Bonchev–Trinajstić information content (AvgIpc) is 3.77. The zero-order valence-corrected chi connectivity index (χ0v) is 26.3. The van der Waals surface area contributed by atoms with Gasteiger partial charge in [0, 0.05) is 0 Å². The van der Waals surface area contributed by atoms with Crippen molar-refractivity contribution in [3.63, 3.8) is 0 Å². The van der Waals surface area contributed by atoms with E-state index in [9.17, 15) is 0 Å². The van der Waals surface area contributed by atoms with Crippen molar-refractivity contribution in [1.82, 2.24) is 0 Å². The van der Waals surface area contributed by atoms with Crippen molar-refractivity contribution in [2.45, 2.75) is 72.7 Å². The van der Waals surface area contributed by atoms with Crippen LogP contribution in [0.15, 0.2) is 72.9 Å². The molecule has 0 bridgehead atoms. The summed E-state index contributed by atoms with van der Waals surface area (Å²) in [6.45, 7) is 1.19. The van der Waals surface area contributed by atoms with Crippen LogP contribution in [0.1, 0.15) is 64.2 Å². The van der Waals surface area contributed by atoms with Crippen LogP contribution in [-0.2, 0) is 16.6 Å². The molecule has 228 valence electrons. The van der Waals surface area contributed by atoms with Crippen LogP contribution in [0.2, 0.25) is 8.45 Å². The molecule has 0 unspecified atom stereocenters. The standard InChI is InChI=1S/2C13H16F2N.2C5H5.Ti/c2*14-11-6-7-13(12(15)8-11)16-9-10-4-2-1-3-5-10;2*1-2-4-5-3-1;/h2*6-7,10,16H,1-5,9H2;2*1-5H;. The molecule has 7 heteroatoms. The van der Waals surface area contributed by atoms with E-state index in [1.54, 1.807) is 0 Å². The van der Waals surface area contributed by atoms with Gasteiger partial charge in [-0.05, 0) is 0 Å². The summed E-state index contributed by atoms with van der Waals surface area (Å²) < 4.78 is 65.1. The van der Waals surface area contributed by atoms with Crippen molar-refractivity contribution >= 4 is 19.1 Å². The van der Waals surface area contributed by atoms with E-state index in [1.807, 2.05) is 48.6 Å². The Kier molecular flexibility index (Phi) is 9.64. The maximum absolute atomic E-state index is 16.9. The van der Waals surface area contributed by atoms with Gasteiger partial charge < -0.3 is 0 Å². The molecule has 0 aromatic heterocycles. The molecule has 43 heavy (non-hydrogen) atoms. The van der Waals surface area contributed by atoms with Crippen molar-refractivity contribution < 1.29 is 34.2 Å². The molecule has 4 aliphatic rings. The summed E-state index contributed by atoms with van der Waals surface area (Å²) in [6.07, 6.45) is 26.2. The van der Waals surface area contributed by atoms with E-state index in [-0.39, 0.29) is 19.1 Å². The van der Waals surface area contributed by atoms with Gasteiger partial charge in [0.2, 0.25) is 0 Å². The number of benzene rings is 2. The molecule has 2 nitrogen and oxygen atoms in total. The summed E-state index contributed by atoms with van der Waals surface area (Å²) >= 11 is -4.77. The van der Waals surface area contributed by atoms with E-state index in [0.717, 1.165) is 51.4 Å². The molecular weight excluding hydrogens is 584 g/mol. The average molecular weight is 627 g/mol. The molecule has 0 spiro atoms. The Morgan fingerprint density at radius 1 is 0.535 bits per heavy atom. The third-order valence-electron chi connectivity index (χ3n) is 10.2. The second kappa shape index (κ2) is 13.6. The Morgan fingerprint density at radius 3 is 1.28 bits per heavy atom. The fraction of sp³-hybridized carbons (Fsp3) is 0.444. The van der Waals surface area contributed by atoms with Gasteiger partial charge in [-0.3, -0.25) is 0 Å². The quantitative estimate of drug-likeness (QED) is 0.203. The van der Waals surface area contributed by atoms with Crippen LogP contribution in [0.25, 0.3) is 0 Å². The van der Waals surface area contributed by atoms with Gasteiger partial charge in [0.15, 0.2) is 0 Å². The molecule has 2 aromatic carbocycles. The zero-order valence-electron chi connectivity index (χ0n) is 24.7. The van der Waals surface area contributed by atoms with Gasteiger partial charge >= 0.3 is 258 Å². The third kappa shape index (κ3) is 6.07. The van der Waals surface area contributed by atoms with Crippen molar-refractivity contribution in [1.29, 1.82) is 0 Å². The van der Waals surface area contributed by atoms with Gasteiger partial charge in [0.1, 0.15) is 0 Å². The summed E-state index contributed by atoms with van der Waals surface area (Å²) in [7, 11) is 0. The number of rotatable bonds is 10. The molecule has 4 aliphatic carbocycles. The molecule has 0 heterocycles. The summed E-state index contributed by atoms with van der Waals surface area (Å²) in [5.41, 5.74) is 0.419. The number of allylic oxidation sites excluding steroid dienone is 8. The van der Waals surface area contributed by atoms with Gasteiger partial charge in [-0.15, -0.1) is 0 Å². The number of hydrogen-bond acceptors (Lipinski definition) is 2. The zero-order chi connectivity index (χ0) is 29.8. The van der Waals surface area contributed by atoms with E-state index in [2.05, 4.69) is 10.6 Å². The van der Waals surface area contributed by atoms with E-state index >= 15 is 17.6 Å². The predicted octanol–water partition coefficient (Wildman–Crippen LogP) is 9.16. The third-order valence-corrected chi connectivity index (χ3v) is 18.7. The predicted molar refractivity (Wildman–Crippen MR) is 166 cm³/mol. The first kappa shape index (κ1) is 30.5. The van der Waals surface area contributed by atoms with Gasteiger partial charge in [-0.1, -0.05) is 0 Å². The van der Waals surface area contributed by atoms with E-state index < -0.39 is 48.3 Å². The van der Waals surface area contributed by atoms with Gasteiger partial charge in [-0.2, -0.15) is 0 Å². The molecule has 0 radical (unpaired) electrons. The molecule has 6 rings (SSSR count). The second-order valence-corrected chi connectivity index (χ2v) is 19.2. The van der Waals surface area contributed by atoms with E-state index in [4.69, 9.17) is 0 Å². The maximum atomic E-state index is 16.9. The fourth-order valence-corrected chi connectivity index (χ4v) is 16.7. The molecule has 0 amide bonds.